The minimum Gasteiger partial charge on any atom is -0.212 e. The molecule has 0 N–H and O–H groups in total. The molecule has 1 aliphatic rings. The summed E-state index contributed by atoms with van der Waals surface area (Å²) in [6.07, 6.45) is 2.89. The van der Waals surface area contributed by atoms with E-state index in [2.05, 4.69) is 15.4 Å². The summed E-state index contributed by atoms with van der Waals surface area (Å²) < 4.78 is 25.2. The molecule has 8 nitrogen and oxygen atoms in total. The summed E-state index contributed by atoms with van der Waals surface area (Å²) in [6, 6.07) is 1.99. The lowest BCUT2D eigenvalue weighted by Gasteiger charge is -2.36. The van der Waals surface area contributed by atoms with Crippen molar-refractivity contribution in [2.75, 3.05) is 18.8 Å². The lowest BCUT2D eigenvalue weighted by molar-refractivity contribution is 0.173. The molecule has 0 aromatic carbocycles. The molecule has 0 radical (unpaired) electrons. The molecule has 1 aromatic rings. The fourth-order valence-electron chi connectivity index (χ4n) is 1.75. The number of sulfonamides is 1. The van der Waals surface area contributed by atoms with Gasteiger partial charge in [0.05, 0.1) is 11.8 Å². The van der Waals surface area contributed by atoms with Crippen molar-refractivity contribution in [1.82, 2.24) is 24.5 Å². The number of tetrazole rings is 1. The minimum atomic E-state index is -3.19. The predicted octanol–water partition coefficient (Wildman–Crippen LogP) is -0.447. The Morgan fingerprint density at radius 1 is 1.39 bits per heavy atom. The van der Waals surface area contributed by atoms with Crippen LogP contribution in [0.2, 0.25) is 0 Å². The van der Waals surface area contributed by atoms with Crippen molar-refractivity contribution >= 4 is 10.0 Å². The van der Waals surface area contributed by atoms with Crippen LogP contribution in [0.25, 0.3) is 0 Å². The van der Waals surface area contributed by atoms with Crippen molar-refractivity contribution in [2.24, 2.45) is 0 Å². The number of nitrogens with zero attached hydrogens (tertiary/aromatic N) is 6. The highest BCUT2D eigenvalue weighted by Crippen LogP contribution is 2.23. The van der Waals surface area contributed by atoms with Gasteiger partial charge in [-0.15, -0.1) is 10.2 Å². The van der Waals surface area contributed by atoms with Crippen LogP contribution in [-0.2, 0) is 10.0 Å². The Kier molecular flexibility index (Phi) is 3.88. The second-order valence-electron chi connectivity index (χ2n) is 4.16. The number of hydrogen-bond donors (Lipinski definition) is 0. The predicted molar refractivity (Wildman–Crippen MR) is 61.7 cm³/mol. The van der Waals surface area contributed by atoms with Gasteiger partial charge >= 0.3 is 0 Å². The van der Waals surface area contributed by atoms with Crippen molar-refractivity contribution in [1.29, 1.82) is 5.26 Å². The van der Waals surface area contributed by atoms with Gasteiger partial charge in [-0.2, -0.15) is 14.4 Å². The molecule has 0 saturated carbocycles. The highest BCUT2D eigenvalue weighted by molar-refractivity contribution is 7.89. The molecule has 1 saturated heterocycles. The summed E-state index contributed by atoms with van der Waals surface area (Å²) in [7, 11) is -3.19. The molecule has 18 heavy (non-hydrogen) atoms. The van der Waals surface area contributed by atoms with Crippen LogP contribution in [0.15, 0.2) is 6.33 Å². The fourth-order valence-corrected chi connectivity index (χ4v) is 3.38. The molecule has 0 aliphatic carbocycles. The van der Waals surface area contributed by atoms with E-state index < -0.39 is 10.0 Å². The summed E-state index contributed by atoms with van der Waals surface area (Å²) in [5, 5.41) is 19.6. The Bertz CT molecular complexity index is 514. The van der Waals surface area contributed by atoms with Crippen molar-refractivity contribution in [3.8, 4) is 6.07 Å². The Hall–Kier alpha value is -1.53. The van der Waals surface area contributed by atoms with Gasteiger partial charge in [0, 0.05) is 19.5 Å². The molecule has 0 unspecified atom stereocenters. The highest BCUT2D eigenvalue weighted by atomic mass is 32.2. The third-order valence-corrected chi connectivity index (χ3v) is 4.74. The van der Waals surface area contributed by atoms with Crippen LogP contribution in [0, 0.1) is 11.3 Å². The van der Waals surface area contributed by atoms with Gasteiger partial charge in [0.25, 0.3) is 0 Å². The maximum atomic E-state index is 11.9. The lowest BCUT2D eigenvalue weighted by Crippen LogP contribution is -2.51. The molecule has 98 valence electrons. The van der Waals surface area contributed by atoms with Crippen LogP contribution in [0.1, 0.15) is 25.3 Å². The van der Waals surface area contributed by atoms with Crippen LogP contribution in [-0.4, -0.2) is 51.8 Å². The van der Waals surface area contributed by atoms with Gasteiger partial charge in [-0.1, -0.05) is 0 Å². The first-order valence-electron chi connectivity index (χ1n) is 5.71. The average Bonchev–Trinajstić information content (AvgIpc) is 2.75. The third-order valence-electron chi connectivity index (χ3n) is 2.85. The Morgan fingerprint density at radius 2 is 2.17 bits per heavy atom. The van der Waals surface area contributed by atoms with Crippen LogP contribution in [0.4, 0.5) is 0 Å². The number of hydrogen-bond acceptors (Lipinski definition) is 6. The van der Waals surface area contributed by atoms with Gasteiger partial charge in [0.2, 0.25) is 10.0 Å². The topological polar surface area (TPSA) is 105 Å². The summed E-state index contributed by atoms with van der Waals surface area (Å²) in [5.41, 5.74) is 0. The third kappa shape index (κ3) is 2.83. The zero-order valence-electron chi connectivity index (χ0n) is 9.81. The van der Waals surface area contributed by atoms with Crippen LogP contribution < -0.4 is 0 Å². The van der Waals surface area contributed by atoms with Crippen LogP contribution in [0.5, 0.6) is 0 Å². The van der Waals surface area contributed by atoms with Gasteiger partial charge in [-0.25, -0.2) is 8.42 Å². The van der Waals surface area contributed by atoms with E-state index in [9.17, 15) is 8.42 Å². The zero-order valence-corrected chi connectivity index (χ0v) is 10.6. The van der Waals surface area contributed by atoms with Gasteiger partial charge in [0.15, 0.2) is 6.33 Å². The van der Waals surface area contributed by atoms with Crippen LogP contribution in [0.3, 0.4) is 0 Å². The summed E-state index contributed by atoms with van der Waals surface area (Å²) in [5.74, 6) is 0.103. The molecule has 0 atom stereocenters. The fraction of sp³-hybridized carbons (Fsp3) is 0.778. The van der Waals surface area contributed by atoms with E-state index in [0.29, 0.717) is 32.4 Å². The second-order valence-corrected chi connectivity index (χ2v) is 6.25. The first kappa shape index (κ1) is 12.9. The Morgan fingerprint density at radius 3 is 2.78 bits per heavy atom. The van der Waals surface area contributed by atoms with Gasteiger partial charge in [0.1, 0.15) is 6.04 Å². The first-order chi connectivity index (χ1) is 8.63. The molecule has 1 aliphatic heterocycles. The highest BCUT2D eigenvalue weighted by Gasteiger charge is 2.37. The van der Waals surface area contributed by atoms with E-state index in [1.54, 1.807) is 0 Å². The van der Waals surface area contributed by atoms with Crippen molar-refractivity contribution in [2.45, 2.75) is 25.3 Å². The summed E-state index contributed by atoms with van der Waals surface area (Å²) >= 11 is 0. The normalized spacial score (nSPS) is 17.3. The molecule has 0 spiro atoms. The smallest absolute Gasteiger partial charge is 0.212 e. The monoisotopic (exact) mass is 270 g/mol. The quantitative estimate of drug-likeness (QED) is 0.648. The van der Waals surface area contributed by atoms with E-state index in [-0.39, 0.29) is 11.8 Å². The molecule has 1 fully saturated rings. The molecule has 2 heterocycles. The Balaban J connectivity index is 1.78. The Labute approximate surface area is 105 Å². The molecule has 9 heteroatoms. The van der Waals surface area contributed by atoms with Crippen LogP contribution >= 0.6 is 0 Å². The van der Waals surface area contributed by atoms with E-state index in [4.69, 9.17) is 5.26 Å². The SMILES string of the molecule is N#CCCCCS(=O)(=O)N1CC(n2ncnn2)C1. The summed E-state index contributed by atoms with van der Waals surface area (Å²) in [4.78, 5) is 1.43. The largest absolute Gasteiger partial charge is 0.214 e. The molecule has 0 bridgehead atoms. The van der Waals surface area contributed by atoms with Crippen molar-refractivity contribution < 1.29 is 8.42 Å². The maximum absolute atomic E-state index is 11.9. The summed E-state index contributed by atoms with van der Waals surface area (Å²) in [6.45, 7) is 0.799. The zero-order chi connectivity index (χ0) is 13.0. The van der Waals surface area contributed by atoms with Gasteiger partial charge in [-0.3, -0.25) is 0 Å². The average molecular weight is 270 g/mol. The number of nitriles is 1. The molecule has 1 aromatic heterocycles. The first-order valence-corrected chi connectivity index (χ1v) is 7.31. The molecular weight excluding hydrogens is 256 g/mol. The van der Waals surface area contributed by atoms with E-state index in [1.807, 2.05) is 6.07 Å². The van der Waals surface area contributed by atoms with Crippen molar-refractivity contribution in [3.63, 3.8) is 0 Å². The van der Waals surface area contributed by atoms with E-state index in [0.717, 1.165) is 0 Å². The number of aromatic nitrogens is 4. The molecule has 2 rings (SSSR count). The van der Waals surface area contributed by atoms with Gasteiger partial charge in [-0.05, 0) is 18.1 Å². The van der Waals surface area contributed by atoms with E-state index in [1.165, 1.54) is 15.4 Å². The van der Waals surface area contributed by atoms with Gasteiger partial charge < -0.3 is 0 Å². The molecule has 0 amide bonds. The van der Waals surface area contributed by atoms with E-state index >= 15 is 0 Å². The number of unbranched alkanes of at least 4 members (excludes halogenated alkanes) is 2. The second kappa shape index (κ2) is 5.41. The number of rotatable bonds is 6. The lowest BCUT2D eigenvalue weighted by atomic mass is 10.2. The maximum Gasteiger partial charge on any atom is 0.214 e. The van der Waals surface area contributed by atoms with Crippen molar-refractivity contribution in [3.05, 3.63) is 6.33 Å². The molecular formula is C9H14N6O2S. The standard InChI is InChI=1S/C9H14N6O2S/c10-4-2-1-3-5-18(16,17)14-6-9(7-14)15-12-8-11-13-15/h8-9H,1-3,5-7H2. The minimum absolute atomic E-state index is 0.0126.